The van der Waals surface area contributed by atoms with Crippen LogP contribution in [0.15, 0.2) is 73.1 Å². The highest BCUT2D eigenvalue weighted by Gasteiger charge is 2.21. The van der Waals surface area contributed by atoms with Gasteiger partial charge in [-0.05, 0) is 56.7 Å². The third-order valence-corrected chi connectivity index (χ3v) is 9.12. The van der Waals surface area contributed by atoms with E-state index in [1.807, 2.05) is 62.4 Å². The van der Waals surface area contributed by atoms with Crippen LogP contribution >= 0.6 is 22.7 Å². The largest absolute Gasteiger partial charge is 0.463 e. The van der Waals surface area contributed by atoms with Gasteiger partial charge in [-0.25, -0.2) is 29.9 Å². The molecule has 50 heavy (non-hydrogen) atoms. The number of esters is 1. The van der Waals surface area contributed by atoms with Crippen LogP contribution in [0.5, 0.6) is 0 Å². The zero-order chi connectivity index (χ0) is 35.3. The molecule has 0 aliphatic carbocycles. The molecule has 4 aromatic heterocycles. The average molecular weight is 707 g/mol. The molecule has 0 aliphatic heterocycles. The fourth-order valence-electron chi connectivity index (χ4n) is 4.64. The van der Waals surface area contributed by atoms with Crippen molar-refractivity contribution < 1.29 is 14.6 Å². The zero-order valence-electron chi connectivity index (χ0n) is 27.4. The first-order valence-electron chi connectivity index (χ1n) is 15.8. The number of fused-ring (bicyclic) bond motifs is 2. The Bertz CT molecular complexity index is 2060. The summed E-state index contributed by atoms with van der Waals surface area (Å²) in [5.41, 5.74) is 2.95. The molecule has 3 N–H and O–H groups in total. The van der Waals surface area contributed by atoms with Gasteiger partial charge >= 0.3 is 5.97 Å². The maximum absolute atomic E-state index is 11.6. The summed E-state index contributed by atoms with van der Waals surface area (Å²) in [4.78, 5) is 37.8. The molecule has 15 heteroatoms. The number of ether oxygens (including phenoxy) is 1. The molecule has 0 fully saturated rings. The van der Waals surface area contributed by atoms with Gasteiger partial charge in [-0.15, -0.1) is 22.7 Å². The summed E-state index contributed by atoms with van der Waals surface area (Å²) in [6, 6.07) is 23.6. The number of para-hydroxylation sites is 2. The van der Waals surface area contributed by atoms with Crippen LogP contribution in [0.2, 0.25) is 0 Å². The zero-order valence-corrected chi connectivity index (χ0v) is 29.0. The van der Waals surface area contributed by atoms with Gasteiger partial charge in [-0.1, -0.05) is 24.3 Å². The number of nitrogens with zero attached hydrogens (tertiary/aromatic N) is 8. The average Bonchev–Trinajstić information content (AvgIpc) is 3.74. The molecule has 2 aromatic carbocycles. The van der Waals surface area contributed by atoms with E-state index in [1.54, 1.807) is 24.5 Å². The lowest BCUT2D eigenvalue weighted by atomic mass is 10.1. The Kier molecular flexibility index (Phi) is 12.6. The van der Waals surface area contributed by atoms with E-state index in [4.69, 9.17) is 9.84 Å². The first kappa shape index (κ1) is 35.7. The molecule has 0 spiro atoms. The number of rotatable bonds is 13. The van der Waals surface area contributed by atoms with E-state index < -0.39 is 11.8 Å². The van der Waals surface area contributed by atoms with E-state index >= 15 is 0 Å². The quantitative estimate of drug-likeness (QED) is 0.0931. The number of aliphatic hydroxyl groups excluding tert-OH is 1. The Morgan fingerprint density at radius 2 is 1.28 bits per heavy atom. The van der Waals surface area contributed by atoms with Crippen molar-refractivity contribution in [3.63, 3.8) is 0 Å². The second kappa shape index (κ2) is 17.7. The number of benzene rings is 2. The van der Waals surface area contributed by atoms with Crippen LogP contribution in [0.3, 0.4) is 0 Å². The molecule has 0 bridgehead atoms. The van der Waals surface area contributed by atoms with Crippen LogP contribution in [0, 0.1) is 22.7 Å². The van der Waals surface area contributed by atoms with E-state index in [0.29, 0.717) is 47.8 Å². The van der Waals surface area contributed by atoms with Crippen molar-refractivity contribution in [2.75, 3.05) is 30.3 Å². The van der Waals surface area contributed by atoms with Crippen LogP contribution in [0.4, 0.5) is 11.9 Å². The number of thiazole rings is 2. The lowest BCUT2D eigenvalue weighted by Gasteiger charge is -2.10. The molecule has 6 rings (SSSR count). The smallest absolute Gasteiger partial charge is 0.307 e. The van der Waals surface area contributed by atoms with Crippen molar-refractivity contribution in [1.82, 2.24) is 29.9 Å². The minimum Gasteiger partial charge on any atom is -0.463 e. The Balaban J connectivity index is 0.000000197. The first-order valence-corrected chi connectivity index (χ1v) is 17.5. The highest BCUT2D eigenvalue weighted by Crippen LogP contribution is 2.32. The molecule has 6 aromatic rings. The van der Waals surface area contributed by atoms with Crippen molar-refractivity contribution >= 4 is 61.0 Å². The Labute approximate surface area is 296 Å². The maximum atomic E-state index is 11.6. The summed E-state index contributed by atoms with van der Waals surface area (Å²) < 4.78 is 7.17. The molecule has 0 amide bonds. The number of nitrogens with one attached hydrogen (secondary N) is 2. The van der Waals surface area contributed by atoms with Gasteiger partial charge in [0.1, 0.15) is 21.9 Å². The van der Waals surface area contributed by atoms with E-state index in [-0.39, 0.29) is 25.1 Å². The van der Waals surface area contributed by atoms with Crippen LogP contribution in [-0.4, -0.2) is 66.8 Å². The molecule has 13 nitrogen and oxygen atoms in total. The minimum absolute atomic E-state index is 0.110. The lowest BCUT2D eigenvalue weighted by Crippen LogP contribution is -2.16. The lowest BCUT2D eigenvalue weighted by molar-refractivity contribution is -0.147. The topological polar surface area (TPSA) is 196 Å². The number of aliphatic hydroxyl groups is 1. The summed E-state index contributed by atoms with van der Waals surface area (Å²) in [5.74, 6) is -0.549. The van der Waals surface area contributed by atoms with Crippen molar-refractivity contribution in [3.8, 4) is 12.1 Å². The number of hydrogen-bond acceptors (Lipinski definition) is 15. The third-order valence-electron chi connectivity index (χ3n) is 6.92. The van der Waals surface area contributed by atoms with E-state index in [9.17, 15) is 15.3 Å². The molecular weight excluding hydrogens is 673 g/mol. The summed E-state index contributed by atoms with van der Waals surface area (Å²) in [5, 5.41) is 35.5. The highest BCUT2D eigenvalue weighted by atomic mass is 32.1. The van der Waals surface area contributed by atoms with Gasteiger partial charge in [0.15, 0.2) is 0 Å². The number of hydrogen-bond donors (Lipinski definition) is 3. The Hall–Kier alpha value is -5.61. The Morgan fingerprint density at radius 3 is 1.74 bits per heavy atom. The van der Waals surface area contributed by atoms with Crippen LogP contribution < -0.4 is 10.6 Å². The predicted octanol–water partition coefficient (Wildman–Crippen LogP) is 6.03. The number of carbonyl (C=O) groups is 1. The molecule has 0 aliphatic rings. The highest BCUT2D eigenvalue weighted by molar-refractivity contribution is 7.19. The maximum Gasteiger partial charge on any atom is 0.307 e. The minimum atomic E-state index is -0.572. The summed E-state index contributed by atoms with van der Waals surface area (Å²) in [7, 11) is 0. The Morgan fingerprint density at radius 1 is 0.780 bits per heavy atom. The van der Waals surface area contributed by atoms with Gasteiger partial charge in [0.25, 0.3) is 0 Å². The van der Waals surface area contributed by atoms with Crippen LogP contribution in [0.1, 0.15) is 59.9 Å². The fourth-order valence-corrected chi connectivity index (χ4v) is 6.69. The number of carbonyl (C=O) groups excluding carboxylic acids is 1. The SMILES string of the molecule is CC(C)OC(=O)CCNc1nccc(C(C#N)c2nc3ccccc3s2)n1.N#CC(c1ccnc(NCCCO)n1)c1nc2ccccc2s1. The number of anilines is 2. The summed E-state index contributed by atoms with van der Waals surface area (Å²) in [6.45, 7) is 4.66. The molecular formula is C35H34N10O3S2. The van der Waals surface area contributed by atoms with Gasteiger partial charge in [0, 0.05) is 32.1 Å². The third kappa shape index (κ3) is 9.51. The van der Waals surface area contributed by atoms with Gasteiger partial charge in [-0.3, -0.25) is 4.79 Å². The van der Waals surface area contributed by atoms with Gasteiger partial charge < -0.3 is 20.5 Å². The van der Waals surface area contributed by atoms with Crippen molar-refractivity contribution in [1.29, 1.82) is 10.5 Å². The molecule has 254 valence electrons. The van der Waals surface area contributed by atoms with E-state index in [2.05, 4.69) is 52.7 Å². The van der Waals surface area contributed by atoms with Gasteiger partial charge in [-0.2, -0.15) is 10.5 Å². The second-order valence-electron chi connectivity index (χ2n) is 11.0. The van der Waals surface area contributed by atoms with E-state index in [0.717, 1.165) is 25.4 Å². The summed E-state index contributed by atoms with van der Waals surface area (Å²) >= 11 is 2.99. The standard InChI is InChI=1S/C19H19N5O2S.C16H15N5OS/c1-12(2)26-17(25)8-10-22-19-21-9-7-14(24-19)13(11-20)18-23-15-5-3-4-6-16(15)27-18;17-10-11(15-20-13-4-1-2-5-14(13)23-15)12-6-8-19-16(21-12)18-7-3-9-22/h3-7,9,12-13H,8,10H2,1-2H3,(H,21,22,24);1-2,4-6,8,11,22H,3,7,9H2,(H,18,19,21). The van der Waals surface area contributed by atoms with Crippen LogP contribution in [-0.2, 0) is 9.53 Å². The molecule has 4 heterocycles. The normalized spacial score (nSPS) is 12.0. The fraction of sp³-hybridized carbons (Fsp3) is 0.286. The van der Waals surface area contributed by atoms with Crippen LogP contribution in [0.25, 0.3) is 20.4 Å². The first-order chi connectivity index (χ1) is 24.4. The molecule has 2 atom stereocenters. The molecule has 2 unspecified atom stereocenters. The molecule has 0 radical (unpaired) electrons. The molecule has 0 saturated heterocycles. The van der Waals surface area contributed by atoms with Crippen molar-refractivity contribution in [2.45, 2.75) is 44.6 Å². The predicted molar refractivity (Wildman–Crippen MR) is 193 cm³/mol. The van der Waals surface area contributed by atoms with Crippen molar-refractivity contribution in [3.05, 3.63) is 94.5 Å². The van der Waals surface area contributed by atoms with E-state index in [1.165, 1.54) is 22.7 Å². The summed E-state index contributed by atoms with van der Waals surface area (Å²) in [6.07, 6.45) is 3.91. The molecule has 0 saturated carbocycles. The van der Waals surface area contributed by atoms with Gasteiger partial charge in [0.2, 0.25) is 11.9 Å². The van der Waals surface area contributed by atoms with Gasteiger partial charge in [0.05, 0.1) is 56.5 Å². The number of aromatic nitrogens is 6. The monoisotopic (exact) mass is 706 g/mol. The van der Waals surface area contributed by atoms with Crippen molar-refractivity contribution in [2.24, 2.45) is 0 Å². The second-order valence-corrected chi connectivity index (χ2v) is 13.1. The number of nitriles is 2.